The third-order valence-electron chi connectivity index (χ3n) is 3.69. The first-order valence-electron chi connectivity index (χ1n) is 7.17. The zero-order valence-electron chi connectivity index (χ0n) is 12.7. The van der Waals surface area contributed by atoms with Gasteiger partial charge in [-0.3, -0.25) is 4.90 Å². The molecule has 0 saturated heterocycles. The van der Waals surface area contributed by atoms with Crippen molar-refractivity contribution in [3.05, 3.63) is 0 Å². The van der Waals surface area contributed by atoms with E-state index < -0.39 is 0 Å². The Hall–Kier alpha value is -0.160. The first-order chi connectivity index (χ1) is 8.40. The fraction of sp³-hybridized carbons (Fsp3) is 1.00. The van der Waals surface area contributed by atoms with Crippen molar-refractivity contribution in [2.75, 3.05) is 40.3 Å². The van der Waals surface area contributed by atoms with Crippen molar-refractivity contribution in [2.24, 2.45) is 0 Å². The molecule has 0 heterocycles. The van der Waals surface area contributed by atoms with E-state index in [1.807, 2.05) is 0 Å². The molecule has 2 N–H and O–H groups in total. The summed E-state index contributed by atoms with van der Waals surface area (Å²) >= 11 is 0. The van der Waals surface area contributed by atoms with Crippen molar-refractivity contribution in [2.45, 2.75) is 51.2 Å². The number of aliphatic hydroxyl groups is 1. The van der Waals surface area contributed by atoms with Crippen molar-refractivity contribution >= 4 is 0 Å². The minimum Gasteiger partial charge on any atom is -0.394 e. The molecule has 0 aliphatic heterocycles. The van der Waals surface area contributed by atoms with E-state index in [1.165, 1.54) is 12.8 Å². The Kier molecular flexibility index (Phi) is 6.05. The average Bonchev–Trinajstić information content (AvgIpc) is 3.08. The van der Waals surface area contributed by atoms with E-state index in [-0.39, 0.29) is 12.1 Å². The van der Waals surface area contributed by atoms with E-state index in [1.54, 1.807) is 0 Å². The van der Waals surface area contributed by atoms with Gasteiger partial charge in [0.25, 0.3) is 0 Å². The summed E-state index contributed by atoms with van der Waals surface area (Å²) in [5, 5.41) is 13.3. The maximum absolute atomic E-state index is 9.67. The number of nitrogens with zero attached hydrogens (tertiary/aromatic N) is 2. The molecule has 0 amide bonds. The maximum Gasteiger partial charge on any atom is 0.0623 e. The Bertz CT molecular complexity index is 243. The summed E-state index contributed by atoms with van der Waals surface area (Å²) in [4.78, 5) is 4.67. The van der Waals surface area contributed by atoms with E-state index in [9.17, 15) is 5.11 Å². The van der Waals surface area contributed by atoms with Crippen LogP contribution in [0.15, 0.2) is 0 Å². The van der Waals surface area contributed by atoms with Crippen LogP contribution in [0.25, 0.3) is 0 Å². The highest BCUT2D eigenvalue weighted by Crippen LogP contribution is 2.23. The lowest BCUT2D eigenvalue weighted by Gasteiger charge is -2.38. The molecule has 0 radical (unpaired) electrons. The number of rotatable bonds is 9. The maximum atomic E-state index is 9.67. The largest absolute Gasteiger partial charge is 0.394 e. The summed E-state index contributed by atoms with van der Waals surface area (Å²) in [6.45, 7) is 9.78. The molecule has 0 aromatic carbocycles. The summed E-state index contributed by atoms with van der Waals surface area (Å²) in [6.07, 6.45) is 2.52. The van der Waals surface area contributed by atoms with Gasteiger partial charge in [-0.15, -0.1) is 0 Å². The van der Waals surface area contributed by atoms with E-state index >= 15 is 0 Å². The molecule has 1 fully saturated rings. The molecule has 18 heavy (non-hydrogen) atoms. The molecule has 0 bridgehead atoms. The van der Waals surface area contributed by atoms with Gasteiger partial charge >= 0.3 is 0 Å². The highest BCUT2D eigenvalue weighted by atomic mass is 16.3. The van der Waals surface area contributed by atoms with Crippen LogP contribution >= 0.6 is 0 Å². The average molecular weight is 257 g/mol. The Balaban J connectivity index is 2.52. The molecule has 2 unspecified atom stereocenters. The van der Waals surface area contributed by atoms with Gasteiger partial charge in [-0.05, 0) is 47.3 Å². The van der Waals surface area contributed by atoms with Gasteiger partial charge in [0.2, 0.25) is 0 Å². The predicted molar refractivity (Wildman–Crippen MR) is 76.9 cm³/mol. The Morgan fingerprint density at radius 2 is 2.00 bits per heavy atom. The SMILES string of the molecule is CCN(CC(C)(CO)NC1CC1)C(C)CN(C)C. The van der Waals surface area contributed by atoms with Crippen LogP contribution < -0.4 is 5.32 Å². The number of likely N-dealkylation sites (N-methyl/N-ethyl adjacent to an activating group) is 2. The molecule has 108 valence electrons. The van der Waals surface area contributed by atoms with Gasteiger partial charge in [0.1, 0.15) is 0 Å². The van der Waals surface area contributed by atoms with Gasteiger partial charge in [0.15, 0.2) is 0 Å². The molecule has 1 aliphatic rings. The van der Waals surface area contributed by atoms with Crippen molar-refractivity contribution < 1.29 is 5.11 Å². The van der Waals surface area contributed by atoms with Gasteiger partial charge in [-0.1, -0.05) is 6.92 Å². The van der Waals surface area contributed by atoms with Gasteiger partial charge in [-0.2, -0.15) is 0 Å². The van der Waals surface area contributed by atoms with Crippen molar-refractivity contribution in [3.8, 4) is 0 Å². The zero-order chi connectivity index (χ0) is 13.8. The molecule has 0 spiro atoms. The highest BCUT2D eigenvalue weighted by molar-refractivity contribution is 4.94. The van der Waals surface area contributed by atoms with Gasteiger partial charge in [0.05, 0.1) is 12.1 Å². The summed E-state index contributed by atoms with van der Waals surface area (Å²) in [6, 6.07) is 1.14. The number of hydrogen-bond donors (Lipinski definition) is 2. The first-order valence-corrected chi connectivity index (χ1v) is 7.17. The smallest absolute Gasteiger partial charge is 0.0623 e. The quantitative estimate of drug-likeness (QED) is 0.640. The number of nitrogens with one attached hydrogen (secondary N) is 1. The van der Waals surface area contributed by atoms with Crippen LogP contribution in [0.4, 0.5) is 0 Å². The van der Waals surface area contributed by atoms with E-state index in [0.717, 1.165) is 19.6 Å². The van der Waals surface area contributed by atoms with Crippen LogP contribution in [-0.4, -0.2) is 72.9 Å². The highest BCUT2D eigenvalue weighted by Gasteiger charge is 2.34. The van der Waals surface area contributed by atoms with Crippen LogP contribution in [-0.2, 0) is 0 Å². The van der Waals surface area contributed by atoms with E-state index in [4.69, 9.17) is 0 Å². The third-order valence-corrected chi connectivity index (χ3v) is 3.69. The van der Waals surface area contributed by atoms with Crippen molar-refractivity contribution in [3.63, 3.8) is 0 Å². The Labute approximate surface area is 112 Å². The molecular weight excluding hydrogens is 226 g/mol. The molecule has 0 aromatic heterocycles. The number of hydrogen-bond acceptors (Lipinski definition) is 4. The lowest BCUT2D eigenvalue weighted by molar-refractivity contribution is 0.0919. The molecular formula is C14H31N3O. The topological polar surface area (TPSA) is 38.7 Å². The van der Waals surface area contributed by atoms with Gasteiger partial charge in [0, 0.05) is 25.2 Å². The second-order valence-corrected chi connectivity index (χ2v) is 6.31. The molecule has 1 aliphatic carbocycles. The molecule has 1 rings (SSSR count). The molecule has 2 atom stereocenters. The molecule has 4 nitrogen and oxygen atoms in total. The fourth-order valence-electron chi connectivity index (χ4n) is 2.53. The Morgan fingerprint density at radius 1 is 1.39 bits per heavy atom. The Morgan fingerprint density at radius 3 is 2.39 bits per heavy atom. The standard InChI is InChI=1S/C14H31N3O/c1-6-17(12(2)9-16(4)5)10-14(3,11-18)15-13-7-8-13/h12-13,15,18H,6-11H2,1-5H3. The van der Waals surface area contributed by atoms with Gasteiger partial charge in [-0.25, -0.2) is 0 Å². The molecule has 1 saturated carbocycles. The lowest BCUT2D eigenvalue weighted by Crippen LogP contribution is -2.57. The number of aliphatic hydroxyl groups excluding tert-OH is 1. The predicted octanol–water partition coefficient (Wildman–Crippen LogP) is 0.761. The zero-order valence-corrected chi connectivity index (χ0v) is 12.7. The van der Waals surface area contributed by atoms with Crippen LogP contribution in [0.2, 0.25) is 0 Å². The summed E-state index contributed by atoms with van der Waals surface area (Å²) in [7, 11) is 4.22. The second-order valence-electron chi connectivity index (χ2n) is 6.31. The van der Waals surface area contributed by atoms with Gasteiger partial charge < -0.3 is 15.3 Å². The van der Waals surface area contributed by atoms with Crippen LogP contribution in [0.3, 0.4) is 0 Å². The summed E-state index contributed by atoms with van der Waals surface area (Å²) in [5.74, 6) is 0. The summed E-state index contributed by atoms with van der Waals surface area (Å²) < 4.78 is 0. The normalized spacial score (nSPS) is 21.3. The lowest BCUT2D eigenvalue weighted by atomic mass is 10.0. The minimum atomic E-state index is -0.169. The van der Waals surface area contributed by atoms with Crippen LogP contribution in [0, 0.1) is 0 Å². The third kappa shape index (κ3) is 5.22. The van der Waals surface area contributed by atoms with Crippen LogP contribution in [0.5, 0.6) is 0 Å². The summed E-state index contributed by atoms with van der Waals surface area (Å²) in [5.41, 5.74) is -0.169. The fourth-order valence-corrected chi connectivity index (χ4v) is 2.53. The van der Waals surface area contributed by atoms with E-state index in [2.05, 4.69) is 50.0 Å². The van der Waals surface area contributed by atoms with Crippen molar-refractivity contribution in [1.29, 1.82) is 0 Å². The van der Waals surface area contributed by atoms with Crippen LogP contribution in [0.1, 0.15) is 33.6 Å². The first kappa shape index (κ1) is 15.9. The second kappa shape index (κ2) is 6.85. The minimum absolute atomic E-state index is 0.169. The van der Waals surface area contributed by atoms with E-state index in [0.29, 0.717) is 12.1 Å². The monoisotopic (exact) mass is 257 g/mol. The van der Waals surface area contributed by atoms with Crippen molar-refractivity contribution in [1.82, 2.24) is 15.1 Å². The molecule has 0 aromatic rings. The molecule has 4 heteroatoms.